The van der Waals surface area contributed by atoms with Crippen LogP contribution in [0.25, 0.3) is 0 Å². The molecule has 3 rings (SSSR count). The van der Waals surface area contributed by atoms with Crippen LogP contribution >= 0.6 is 23.2 Å². The van der Waals surface area contributed by atoms with E-state index >= 15 is 0 Å². The fourth-order valence-electron chi connectivity index (χ4n) is 2.56. The van der Waals surface area contributed by atoms with E-state index in [0.29, 0.717) is 16.6 Å². The summed E-state index contributed by atoms with van der Waals surface area (Å²) in [6.07, 6.45) is 3.19. The molecule has 0 saturated carbocycles. The Kier molecular flexibility index (Phi) is 4.33. The summed E-state index contributed by atoms with van der Waals surface area (Å²) in [5.74, 6) is 0. The van der Waals surface area contributed by atoms with E-state index in [2.05, 4.69) is 16.3 Å². The summed E-state index contributed by atoms with van der Waals surface area (Å²) in [6, 6.07) is 17.1. The fourth-order valence-corrected chi connectivity index (χ4v) is 2.81. The highest BCUT2D eigenvalue weighted by Crippen LogP contribution is 2.35. The van der Waals surface area contributed by atoms with Crippen LogP contribution in [-0.2, 0) is 12.0 Å². The molecule has 0 amide bonds. The van der Waals surface area contributed by atoms with Crippen LogP contribution in [0.4, 0.5) is 0 Å². The molecule has 0 spiro atoms. The number of hydrogen-bond donors (Lipinski definition) is 0. The topological polar surface area (TPSA) is 54.5 Å². The molecular formula is C17H12Cl2N4. The van der Waals surface area contributed by atoms with Crippen LogP contribution in [0.5, 0.6) is 0 Å². The first-order chi connectivity index (χ1) is 11.1. The summed E-state index contributed by atoms with van der Waals surface area (Å²) in [5, 5.41) is 18.9. The number of nitriles is 1. The number of benzene rings is 2. The maximum absolute atomic E-state index is 10.1. The van der Waals surface area contributed by atoms with Crippen molar-refractivity contribution in [3.8, 4) is 6.07 Å². The van der Waals surface area contributed by atoms with Gasteiger partial charge in [-0.15, -0.1) is 10.2 Å². The van der Waals surface area contributed by atoms with Crippen molar-refractivity contribution in [1.29, 1.82) is 5.26 Å². The Morgan fingerprint density at radius 2 is 1.30 bits per heavy atom. The standard InChI is InChI=1S/C17H12Cl2N4/c18-15-5-1-13(2-6-15)17(9-20,10-23-11-21-22-12-23)14-3-7-16(19)8-4-14/h1-8,11-12H,10H2. The number of halogens is 2. The highest BCUT2D eigenvalue weighted by atomic mass is 35.5. The van der Waals surface area contributed by atoms with Crippen molar-refractivity contribution in [2.45, 2.75) is 12.0 Å². The average molecular weight is 343 g/mol. The second-order valence-electron chi connectivity index (χ2n) is 5.17. The highest BCUT2D eigenvalue weighted by molar-refractivity contribution is 6.30. The largest absolute Gasteiger partial charge is 0.318 e. The van der Waals surface area contributed by atoms with E-state index in [1.54, 1.807) is 41.5 Å². The molecule has 1 aromatic heterocycles. The van der Waals surface area contributed by atoms with Crippen molar-refractivity contribution in [2.24, 2.45) is 0 Å². The third-order valence-electron chi connectivity index (χ3n) is 3.75. The fraction of sp³-hybridized carbons (Fsp3) is 0.118. The summed E-state index contributed by atoms with van der Waals surface area (Å²) >= 11 is 12.0. The smallest absolute Gasteiger partial charge is 0.125 e. The number of hydrogen-bond acceptors (Lipinski definition) is 3. The Hall–Kier alpha value is -2.35. The SMILES string of the molecule is N#CC(Cn1cnnc1)(c1ccc(Cl)cc1)c1ccc(Cl)cc1. The molecule has 0 aliphatic carbocycles. The lowest BCUT2D eigenvalue weighted by Gasteiger charge is -2.28. The Labute approximate surface area is 143 Å². The molecule has 0 bridgehead atoms. The monoisotopic (exact) mass is 342 g/mol. The van der Waals surface area contributed by atoms with Crippen LogP contribution in [0.1, 0.15) is 11.1 Å². The normalized spacial score (nSPS) is 11.2. The van der Waals surface area contributed by atoms with Crippen molar-refractivity contribution in [2.75, 3.05) is 0 Å². The second kappa shape index (κ2) is 6.41. The average Bonchev–Trinajstić information content (AvgIpc) is 3.07. The third-order valence-corrected chi connectivity index (χ3v) is 4.26. The summed E-state index contributed by atoms with van der Waals surface area (Å²) in [5.41, 5.74) is 0.804. The molecule has 0 aliphatic rings. The van der Waals surface area contributed by atoms with Gasteiger partial charge in [0.05, 0.1) is 12.6 Å². The minimum Gasteiger partial charge on any atom is -0.318 e. The lowest BCUT2D eigenvalue weighted by molar-refractivity contribution is 0.527. The predicted molar refractivity (Wildman–Crippen MR) is 89.3 cm³/mol. The number of aromatic nitrogens is 3. The van der Waals surface area contributed by atoms with Crippen LogP contribution in [0.2, 0.25) is 10.0 Å². The van der Waals surface area contributed by atoms with E-state index in [4.69, 9.17) is 23.2 Å². The van der Waals surface area contributed by atoms with Gasteiger partial charge in [0, 0.05) is 10.0 Å². The Bertz CT molecular complexity index is 773. The van der Waals surface area contributed by atoms with Gasteiger partial charge in [-0.1, -0.05) is 47.5 Å². The van der Waals surface area contributed by atoms with Crippen LogP contribution in [0.15, 0.2) is 61.2 Å². The first kappa shape index (κ1) is 15.5. The van der Waals surface area contributed by atoms with Crippen LogP contribution < -0.4 is 0 Å². The Balaban J connectivity index is 2.16. The van der Waals surface area contributed by atoms with E-state index in [1.165, 1.54) is 0 Å². The molecule has 2 aromatic carbocycles. The van der Waals surface area contributed by atoms with E-state index < -0.39 is 5.41 Å². The molecule has 114 valence electrons. The van der Waals surface area contributed by atoms with Gasteiger partial charge in [-0.2, -0.15) is 5.26 Å². The first-order valence-corrected chi connectivity index (χ1v) is 7.65. The lowest BCUT2D eigenvalue weighted by atomic mass is 9.75. The van der Waals surface area contributed by atoms with Gasteiger partial charge in [0.25, 0.3) is 0 Å². The van der Waals surface area contributed by atoms with Crippen molar-refractivity contribution in [3.63, 3.8) is 0 Å². The minimum atomic E-state index is -0.891. The van der Waals surface area contributed by atoms with Crippen molar-refractivity contribution in [3.05, 3.63) is 82.4 Å². The Morgan fingerprint density at radius 3 is 1.70 bits per heavy atom. The van der Waals surface area contributed by atoms with Crippen LogP contribution in [-0.4, -0.2) is 14.8 Å². The first-order valence-electron chi connectivity index (χ1n) is 6.90. The quantitative estimate of drug-likeness (QED) is 0.717. The molecule has 6 heteroatoms. The van der Waals surface area contributed by atoms with Gasteiger partial charge in [0.15, 0.2) is 0 Å². The van der Waals surface area contributed by atoms with Crippen LogP contribution in [0.3, 0.4) is 0 Å². The molecule has 1 heterocycles. The van der Waals surface area contributed by atoms with Crippen molar-refractivity contribution >= 4 is 23.2 Å². The molecular weight excluding hydrogens is 331 g/mol. The number of nitrogens with zero attached hydrogens (tertiary/aromatic N) is 4. The summed E-state index contributed by atoms with van der Waals surface area (Å²) in [4.78, 5) is 0. The van der Waals surface area contributed by atoms with Gasteiger partial charge < -0.3 is 4.57 Å². The molecule has 0 N–H and O–H groups in total. The van der Waals surface area contributed by atoms with E-state index in [1.807, 2.05) is 24.3 Å². The molecule has 0 radical (unpaired) electrons. The molecule has 0 unspecified atom stereocenters. The molecule has 23 heavy (non-hydrogen) atoms. The van der Waals surface area contributed by atoms with E-state index in [0.717, 1.165) is 11.1 Å². The summed E-state index contributed by atoms with van der Waals surface area (Å²) in [6.45, 7) is 0.389. The predicted octanol–water partition coefficient (Wildman–Crippen LogP) is 4.09. The van der Waals surface area contributed by atoms with Crippen molar-refractivity contribution in [1.82, 2.24) is 14.8 Å². The van der Waals surface area contributed by atoms with Gasteiger partial charge in [0.2, 0.25) is 0 Å². The number of rotatable bonds is 4. The maximum atomic E-state index is 10.1. The summed E-state index contributed by atoms with van der Waals surface area (Å²) in [7, 11) is 0. The zero-order valence-corrected chi connectivity index (χ0v) is 13.5. The highest BCUT2D eigenvalue weighted by Gasteiger charge is 2.35. The maximum Gasteiger partial charge on any atom is 0.125 e. The lowest BCUT2D eigenvalue weighted by Crippen LogP contribution is -2.31. The van der Waals surface area contributed by atoms with Gasteiger partial charge in [-0.25, -0.2) is 0 Å². The van der Waals surface area contributed by atoms with E-state index in [9.17, 15) is 5.26 Å². The van der Waals surface area contributed by atoms with Gasteiger partial charge in [-0.05, 0) is 35.4 Å². The minimum absolute atomic E-state index is 0.389. The van der Waals surface area contributed by atoms with Crippen LogP contribution in [0, 0.1) is 11.3 Å². The molecule has 0 atom stereocenters. The molecule has 0 aliphatic heterocycles. The zero-order valence-electron chi connectivity index (χ0n) is 12.0. The van der Waals surface area contributed by atoms with E-state index in [-0.39, 0.29) is 0 Å². The molecule has 0 fully saturated rings. The molecule has 0 saturated heterocycles. The van der Waals surface area contributed by atoms with Gasteiger partial charge >= 0.3 is 0 Å². The zero-order chi connectivity index (χ0) is 16.3. The molecule has 3 aromatic rings. The van der Waals surface area contributed by atoms with Gasteiger partial charge in [0.1, 0.15) is 18.1 Å². The summed E-state index contributed by atoms with van der Waals surface area (Å²) < 4.78 is 1.78. The Morgan fingerprint density at radius 1 is 0.870 bits per heavy atom. The van der Waals surface area contributed by atoms with Gasteiger partial charge in [-0.3, -0.25) is 0 Å². The second-order valence-corrected chi connectivity index (χ2v) is 6.04. The van der Waals surface area contributed by atoms with Crippen molar-refractivity contribution < 1.29 is 0 Å². The third kappa shape index (κ3) is 3.07. The molecule has 4 nitrogen and oxygen atoms in total.